The first-order valence-corrected chi connectivity index (χ1v) is 4.42. The van der Waals surface area contributed by atoms with Gasteiger partial charge in [-0.15, -0.1) is 0 Å². The Morgan fingerprint density at radius 1 is 1.53 bits per heavy atom. The van der Waals surface area contributed by atoms with Gasteiger partial charge >= 0.3 is 5.97 Å². The molecular weight excluding hydrogens is 198 g/mol. The summed E-state index contributed by atoms with van der Waals surface area (Å²) in [6.07, 6.45) is 1.49. The van der Waals surface area contributed by atoms with Crippen molar-refractivity contribution < 1.29 is 14.3 Å². The summed E-state index contributed by atoms with van der Waals surface area (Å²) >= 11 is 0. The lowest BCUT2D eigenvalue weighted by Gasteiger charge is -2.04. The van der Waals surface area contributed by atoms with Crippen molar-refractivity contribution in [1.82, 2.24) is 9.97 Å². The molecule has 0 radical (unpaired) electrons. The minimum absolute atomic E-state index is 0.0416. The van der Waals surface area contributed by atoms with Crippen molar-refractivity contribution in [3.05, 3.63) is 18.1 Å². The van der Waals surface area contributed by atoms with Crippen molar-refractivity contribution >= 4 is 11.8 Å². The van der Waals surface area contributed by atoms with Crippen molar-refractivity contribution in [1.29, 1.82) is 0 Å². The van der Waals surface area contributed by atoms with Crippen LogP contribution in [0.2, 0.25) is 0 Å². The molecule has 6 heteroatoms. The number of anilines is 1. The molecule has 0 aliphatic rings. The summed E-state index contributed by atoms with van der Waals surface area (Å²) in [5, 5.41) is 2.98. The summed E-state index contributed by atoms with van der Waals surface area (Å²) in [5.41, 5.74) is 0. The smallest absolute Gasteiger partial charge is 0.376 e. The highest BCUT2D eigenvalue weighted by atomic mass is 16.5. The van der Waals surface area contributed by atoms with E-state index in [0.717, 1.165) is 0 Å². The van der Waals surface area contributed by atoms with Crippen LogP contribution in [0.5, 0.6) is 0 Å². The second-order valence-electron chi connectivity index (χ2n) is 2.68. The quantitative estimate of drug-likeness (QED) is 0.558. The topological polar surface area (TPSA) is 73.3 Å². The monoisotopic (exact) mass is 211 g/mol. The molecule has 1 heterocycles. The van der Waals surface area contributed by atoms with E-state index < -0.39 is 5.97 Å². The van der Waals surface area contributed by atoms with E-state index in [4.69, 9.17) is 4.74 Å². The highest BCUT2D eigenvalue weighted by molar-refractivity contribution is 5.85. The molecule has 0 saturated heterocycles. The molecular formula is C9H13N3O3. The summed E-state index contributed by atoms with van der Waals surface area (Å²) in [7, 11) is 2.90. The maximum atomic E-state index is 11.1. The summed E-state index contributed by atoms with van der Waals surface area (Å²) in [4.78, 5) is 18.8. The van der Waals surface area contributed by atoms with E-state index >= 15 is 0 Å². The van der Waals surface area contributed by atoms with Crippen LogP contribution in [0.1, 0.15) is 10.6 Å². The SMILES string of the molecule is COCCNc1ccnc(C(=O)OC)n1. The summed E-state index contributed by atoms with van der Waals surface area (Å²) in [6, 6.07) is 1.67. The van der Waals surface area contributed by atoms with Crippen LogP contribution in [0.25, 0.3) is 0 Å². The predicted octanol–water partition coefficient (Wildman–Crippen LogP) is 0.321. The van der Waals surface area contributed by atoms with Gasteiger partial charge in [0.2, 0.25) is 5.82 Å². The summed E-state index contributed by atoms with van der Waals surface area (Å²) in [6.45, 7) is 1.19. The maximum absolute atomic E-state index is 11.1. The molecule has 0 aliphatic carbocycles. The van der Waals surface area contributed by atoms with Crippen molar-refractivity contribution in [2.24, 2.45) is 0 Å². The predicted molar refractivity (Wildman–Crippen MR) is 53.7 cm³/mol. The third kappa shape index (κ3) is 3.51. The number of nitrogens with zero attached hydrogens (tertiary/aromatic N) is 2. The third-order valence-electron chi connectivity index (χ3n) is 1.64. The Labute approximate surface area is 87.6 Å². The lowest BCUT2D eigenvalue weighted by Crippen LogP contribution is -2.12. The average molecular weight is 211 g/mol. The molecule has 0 aliphatic heterocycles. The minimum atomic E-state index is -0.551. The first-order chi connectivity index (χ1) is 7.27. The van der Waals surface area contributed by atoms with Gasteiger partial charge in [-0.3, -0.25) is 0 Å². The van der Waals surface area contributed by atoms with Crippen LogP contribution < -0.4 is 5.32 Å². The molecule has 1 rings (SSSR count). The Hall–Kier alpha value is -1.69. The van der Waals surface area contributed by atoms with Gasteiger partial charge in [0.15, 0.2) is 0 Å². The van der Waals surface area contributed by atoms with Gasteiger partial charge in [-0.25, -0.2) is 14.8 Å². The zero-order valence-corrected chi connectivity index (χ0v) is 8.69. The first kappa shape index (κ1) is 11.4. The van der Waals surface area contributed by atoms with Crippen molar-refractivity contribution in [2.45, 2.75) is 0 Å². The Balaban J connectivity index is 2.62. The zero-order chi connectivity index (χ0) is 11.1. The lowest BCUT2D eigenvalue weighted by atomic mass is 10.5. The summed E-state index contributed by atoms with van der Waals surface area (Å²) in [5.74, 6) is 0.0627. The average Bonchev–Trinajstić information content (AvgIpc) is 2.29. The molecule has 0 saturated carbocycles. The number of nitrogens with one attached hydrogen (secondary N) is 1. The van der Waals surface area contributed by atoms with Crippen LogP contribution in [0.4, 0.5) is 5.82 Å². The molecule has 82 valence electrons. The molecule has 1 N–H and O–H groups in total. The van der Waals surface area contributed by atoms with E-state index in [9.17, 15) is 4.79 Å². The van der Waals surface area contributed by atoms with Gasteiger partial charge in [-0.05, 0) is 6.07 Å². The number of hydrogen-bond acceptors (Lipinski definition) is 6. The van der Waals surface area contributed by atoms with Crippen LogP contribution in [0.15, 0.2) is 12.3 Å². The lowest BCUT2D eigenvalue weighted by molar-refractivity contribution is 0.0587. The maximum Gasteiger partial charge on any atom is 0.376 e. The molecule has 0 spiro atoms. The van der Waals surface area contributed by atoms with Crippen molar-refractivity contribution in [3.8, 4) is 0 Å². The Kier molecular flexibility index (Phi) is 4.49. The molecule has 1 aromatic rings. The second-order valence-corrected chi connectivity index (χ2v) is 2.68. The Bertz CT molecular complexity index is 330. The number of carbonyl (C=O) groups is 1. The van der Waals surface area contributed by atoms with E-state index in [1.165, 1.54) is 13.3 Å². The van der Waals surface area contributed by atoms with E-state index in [1.807, 2.05) is 0 Å². The third-order valence-corrected chi connectivity index (χ3v) is 1.64. The van der Waals surface area contributed by atoms with E-state index in [0.29, 0.717) is 19.0 Å². The molecule has 0 bridgehead atoms. The van der Waals surface area contributed by atoms with E-state index in [-0.39, 0.29) is 5.82 Å². The minimum Gasteiger partial charge on any atom is -0.463 e. The zero-order valence-electron chi connectivity index (χ0n) is 8.69. The van der Waals surface area contributed by atoms with Crippen LogP contribution in [0.3, 0.4) is 0 Å². The number of methoxy groups -OCH3 is 2. The highest BCUT2D eigenvalue weighted by Crippen LogP contribution is 2.02. The van der Waals surface area contributed by atoms with Gasteiger partial charge in [0.25, 0.3) is 0 Å². The molecule has 0 amide bonds. The fourth-order valence-electron chi connectivity index (χ4n) is 0.928. The van der Waals surface area contributed by atoms with Crippen molar-refractivity contribution in [3.63, 3.8) is 0 Å². The molecule has 0 atom stereocenters. The van der Waals surface area contributed by atoms with Crippen molar-refractivity contribution in [2.75, 3.05) is 32.7 Å². The van der Waals surface area contributed by atoms with E-state index in [1.54, 1.807) is 13.2 Å². The summed E-state index contributed by atoms with van der Waals surface area (Å²) < 4.78 is 9.37. The van der Waals surface area contributed by atoms with Gasteiger partial charge in [0, 0.05) is 19.9 Å². The molecule has 0 aromatic carbocycles. The van der Waals surface area contributed by atoms with Crippen LogP contribution in [-0.2, 0) is 9.47 Å². The van der Waals surface area contributed by atoms with Gasteiger partial charge in [-0.1, -0.05) is 0 Å². The normalized spacial score (nSPS) is 9.73. The Morgan fingerprint density at radius 2 is 2.33 bits per heavy atom. The molecule has 0 fully saturated rings. The van der Waals surface area contributed by atoms with Gasteiger partial charge in [0.1, 0.15) is 5.82 Å². The standard InChI is InChI=1S/C9H13N3O3/c1-14-6-5-10-7-3-4-11-8(12-7)9(13)15-2/h3-4H,5-6H2,1-2H3,(H,10,11,12). The molecule has 15 heavy (non-hydrogen) atoms. The Morgan fingerprint density at radius 3 is 3.00 bits per heavy atom. The number of esters is 1. The number of hydrogen-bond donors (Lipinski definition) is 1. The van der Waals surface area contributed by atoms with Gasteiger partial charge in [-0.2, -0.15) is 0 Å². The molecule has 0 unspecified atom stereocenters. The van der Waals surface area contributed by atoms with E-state index in [2.05, 4.69) is 20.0 Å². The number of rotatable bonds is 5. The molecule has 6 nitrogen and oxygen atoms in total. The van der Waals surface area contributed by atoms with Gasteiger partial charge in [0.05, 0.1) is 13.7 Å². The van der Waals surface area contributed by atoms with Crippen LogP contribution >= 0.6 is 0 Å². The largest absolute Gasteiger partial charge is 0.463 e. The fourth-order valence-corrected chi connectivity index (χ4v) is 0.928. The number of aromatic nitrogens is 2. The molecule has 1 aromatic heterocycles. The highest BCUT2D eigenvalue weighted by Gasteiger charge is 2.08. The van der Waals surface area contributed by atoms with Crippen LogP contribution in [-0.4, -0.2) is 43.3 Å². The second kappa shape index (κ2) is 5.92. The number of ether oxygens (including phenoxy) is 2. The number of carbonyl (C=O) groups excluding carboxylic acids is 1. The fraction of sp³-hybridized carbons (Fsp3) is 0.444. The first-order valence-electron chi connectivity index (χ1n) is 4.42. The van der Waals surface area contributed by atoms with Crippen LogP contribution in [0, 0.1) is 0 Å². The van der Waals surface area contributed by atoms with Gasteiger partial charge < -0.3 is 14.8 Å².